The molecule has 2 aliphatic rings. The molecule has 2 heterocycles. The molecule has 0 saturated carbocycles. The summed E-state index contributed by atoms with van der Waals surface area (Å²) in [5.74, 6) is 0. The molecule has 2 rings (SSSR count). The first kappa shape index (κ1) is 8.11. The van der Waals surface area contributed by atoms with Crippen LogP contribution in [0.3, 0.4) is 0 Å². The van der Waals surface area contributed by atoms with E-state index in [0.717, 1.165) is 6.42 Å². The molecule has 0 radical (unpaired) electrons. The van der Waals surface area contributed by atoms with E-state index < -0.39 is 0 Å². The van der Waals surface area contributed by atoms with Crippen molar-refractivity contribution in [1.82, 2.24) is 4.90 Å². The van der Waals surface area contributed by atoms with Gasteiger partial charge in [-0.15, -0.1) is 0 Å². The van der Waals surface area contributed by atoms with E-state index in [2.05, 4.69) is 48.9 Å². The van der Waals surface area contributed by atoms with Gasteiger partial charge >= 0.3 is 0 Å². The molecule has 1 nitrogen and oxygen atoms in total. The number of hydrogen-bond acceptors (Lipinski definition) is 1. The van der Waals surface area contributed by atoms with Crippen LogP contribution in [-0.2, 0) is 0 Å². The van der Waals surface area contributed by atoms with Crippen LogP contribution in [0.1, 0.15) is 13.3 Å². The number of allylic oxidation sites excluding steroid dienone is 6. The summed E-state index contributed by atoms with van der Waals surface area (Å²) in [5.41, 5.74) is 3.70. The third-order valence-electron chi connectivity index (χ3n) is 2.27. The van der Waals surface area contributed by atoms with Crippen LogP contribution < -0.4 is 0 Å². The molecule has 0 aromatic heterocycles. The van der Waals surface area contributed by atoms with Crippen molar-refractivity contribution in [3.63, 3.8) is 0 Å². The average molecular weight is 171 g/mol. The second-order valence-electron chi connectivity index (χ2n) is 3.27. The Morgan fingerprint density at radius 2 is 2.23 bits per heavy atom. The van der Waals surface area contributed by atoms with E-state index in [1.54, 1.807) is 0 Å². The van der Waals surface area contributed by atoms with Crippen LogP contribution in [0.5, 0.6) is 0 Å². The fourth-order valence-corrected chi connectivity index (χ4v) is 1.59. The number of hydrogen-bond donors (Lipinski definition) is 0. The first-order valence-electron chi connectivity index (χ1n) is 4.50. The predicted molar refractivity (Wildman–Crippen MR) is 55.7 cm³/mol. The van der Waals surface area contributed by atoms with Gasteiger partial charge in [-0.05, 0) is 31.1 Å². The van der Waals surface area contributed by atoms with E-state index in [9.17, 15) is 0 Å². The van der Waals surface area contributed by atoms with Gasteiger partial charge in [-0.3, -0.25) is 0 Å². The molecule has 0 saturated heterocycles. The van der Waals surface area contributed by atoms with Crippen LogP contribution in [-0.4, -0.2) is 4.90 Å². The molecule has 0 amide bonds. The SMILES string of the molecule is C=CC1=CCC=C2C=CC(C)=CN12. The van der Waals surface area contributed by atoms with E-state index >= 15 is 0 Å². The maximum Gasteiger partial charge on any atom is 0.0418 e. The molecule has 13 heavy (non-hydrogen) atoms. The zero-order valence-electron chi connectivity index (χ0n) is 7.83. The van der Waals surface area contributed by atoms with E-state index in [0.29, 0.717) is 0 Å². The third-order valence-corrected chi connectivity index (χ3v) is 2.27. The van der Waals surface area contributed by atoms with Gasteiger partial charge < -0.3 is 4.90 Å². The maximum absolute atomic E-state index is 3.81. The zero-order chi connectivity index (χ0) is 9.26. The normalized spacial score (nSPS) is 20.1. The monoisotopic (exact) mass is 171 g/mol. The molecule has 2 aliphatic heterocycles. The largest absolute Gasteiger partial charge is 0.318 e. The predicted octanol–water partition coefficient (Wildman–Crippen LogP) is 3.12. The Hall–Kier alpha value is -1.50. The molecule has 0 fully saturated rings. The quantitative estimate of drug-likeness (QED) is 0.586. The maximum atomic E-state index is 3.81. The first-order chi connectivity index (χ1) is 6.31. The summed E-state index contributed by atoms with van der Waals surface area (Å²) in [6.07, 6.45) is 13.7. The molecule has 0 aromatic rings. The third kappa shape index (κ3) is 1.37. The molecule has 0 N–H and O–H groups in total. The average Bonchev–Trinajstić information content (AvgIpc) is 2.17. The van der Waals surface area contributed by atoms with E-state index in [1.807, 2.05) is 6.08 Å². The molecule has 0 aliphatic carbocycles. The van der Waals surface area contributed by atoms with E-state index in [-0.39, 0.29) is 0 Å². The van der Waals surface area contributed by atoms with Gasteiger partial charge in [0.1, 0.15) is 0 Å². The molecule has 66 valence electrons. The molecule has 0 bridgehead atoms. The molecule has 0 unspecified atom stereocenters. The highest BCUT2D eigenvalue weighted by atomic mass is 15.1. The number of fused-ring (bicyclic) bond motifs is 1. The minimum atomic E-state index is 1.00. The lowest BCUT2D eigenvalue weighted by Gasteiger charge is -2.28. The standard InChI is InChI=1S/C12H13N/c1-3-11-5-4-6-12-8-7-10(2)9-13(11)12/h3,5-9H,1,4H2,2H3. The van der Waals surface area contributed by atoms with Crippen LogP contribution in [0.15, 0.2) is 60.1 Å². The van der Waals surface area contributed by atoms with Crippen molar-refractivity contribution in [3.8, 4) is 0 Å². The zero-order valence-corrected chi connectivity index (χ0v) is 7.83. The van der Waals surface area contributed by atoms with Crippen molar-refractivity contribution in [2.24, 2.45) is 0 Å². The molecular formula is C12H13N. The van der Waals surface area contributed by atoms with Gasteiger partial charge in [-0.2, -0.15) is 0 Å². The van der Waals surface area contributed by atoms with Gasteiger partial charge in [0.15, 0.2) is 0 Å². The summed E-state index contributed by atoms with van der Waals surface area (Å²) < 4.78 is 0. The molecule has 0 aromatic carbocycles. The highest BCUT2D eigenvalue weighted by Crippen LogP contribution is 2.26. The van der Waals surface area contributed by atoms with Crippen molar-refractivity contribution in [2.45, 2.75) is 13.3 Å². The van der Waals surface area contributed by atoms with Gasteiger partial charge in [0, 0.05) is 17.6 Å². The minimum absolute atomic E-state index is 1.00. The second kappa shape index (κ2) is 3.09. The highest BCUT2D eigenvalue weighted by molar-refractivity contribution is 5.41. The Morgan fingerprint density at radius 3 is 3.00 bits per heavy atom. The Morgan fingerprint density at radius 1 is 1.38 bits per heavy atom. The second-order valence-corrected chi connectivity index (χ2v) is 3.27. The molecule has 1 heteroatoms. The van der Waals surface area contributed by atoms with Gasteiger partial charge in [0.2, 0.25) is 0 Å². The highest BCUT2D eigenvalue weighted by Gasteiger charge is 2.13. The fourth-order valence-electron chi connectivity index (χ4n) is 1.59. The van der Waals surface area contributed by atoms with Crippen LogP contribution in [0.25, 0.3) is 0 Å². The number of rotatable bonds is 1. The lowest BCUT2D eigenvalue weighted by Crippen LogP contribution is -2.18. The van der Waals surface area contributed by atoms with Crippen LogP contribution >= 0.6 is 0 Å². The van der Waals surface area contributed by atoms with Crippen LogP contribution in [0.4, 0.5) is 0 Å². The topological polar surface area (TPSA) is 3.24 Å². The molecule has 0 spiro atoms. The van der Waals surface area contributed by atoms with Crippen molar-refractivity contribution in [2.75, 3.05) is 0 Å². The Bertz CT molecular complexity index is 341. The Balaban J connectivity index is 2.38. The van der Waals surface area contributed by atoms with Crippen LogP contribution in [0.2, 0.25) is 0 Å². The molecular weight excluding hydrogens is 158 g/mol. The van der Waals surface area contributed by atoms with Crippen molar-refractivity contribution in [1.29, 1.82) is 0 Å². The van der Waals surface area contributed by atoms with Gasteiger partial charge in [-0.25, -0.2) is 0 Å². The minimum Gasteiger partial charge on any atom is -0.318 e. The number of nitrogens with zero attached hydrogens (tertiary/aromatic N) is 1. The summed E-state index contributed by atoms with van der Waals surface area (Å²) in [6.45, 7) is 5.91. The van der Waals surface area contributed by atoms with Gasteiger partial charge in [-0.1, -0.05) is 24.8 Å². The first-order valence-corrected chi connectivity index (χ1v) is 4.50. The summed E-state index contributed by atoms with van der Waals surface area (Å²) in [4.78, 5) is 2.17. The van der Waals surface area contributed by atoms with Gasteiger partial charge in [0.25, 0.3) is 0 Å². The summed E-state index contributed by atoms with van der Waals surface area (Å²) in [7, 11) is 0. The Labute approximate surface area is 79.1 Å². The van der Waals surface area contributed by atoms with Crippen molar-refractivity contribution >= 4 is 0 Å². The van der Waals surface area contributed by atoms with Crippen LogP contribution in [0, 0.1) is 0 Å². The van der Waals surface area contributed by atoms with E-state index in [4.69, 9.17) is 0 Å². The van der Waals surface area contributed by atoms with Crippen molar-refractivity contribution < 1.29 is 0 Å². The lowest BCUT2D eigenvalue weighted by atomic mass is 10.1. The van der Waals surface area contributed by atoms with Gasteiger partial charge in [0.05, 0.1) is 0 Å². The summed E-state index contributed by atoms with van der Waals surface area (Å²) in [5, 5.41) is 0. The smallest absolute Gasteiger partial charge is 0.0418 e. The molecule has 0 atom stereocenters. The summed E-state index contributed by atoms with van der Waals surface area (Å²) in [6, 6.07) is 0. The summed E-state index contributed by atoms with van der Waals surface area (Å²) >= 11 is 0. The van der Waals surface area contributed by atoms with E-state index in [1.165, 1.54) is 17.0 Å². The fraction of sp³-hybridized carbons (Fsp3) is 0.167. The Kier molecular flexibility index (Phi) is 1.93. The lowest BCUT2D eigenvalue weighted by molar-refractivity contribution is 0.587. The van der Waals surface area contributed by atoms with Crippen molar-refractivity contribution in [3.05, 3.63) is 60.1 Å².